The Morgan fingerprint density at radius 2 is 1.79 bits per heavy atom. The van der Waals surface area contributed by atoms with Crippen molar-refractivity contribution in [2.45, 2.75) is 25.3 Å². The van der Waals surface area contributed by atoms with Crippen molar-refractivity contribution in [2.24, 2.45) is 0 Å². The third-order valence-electron chi connectivity index (χ3n) is 4.76. The Bertz CT molecular complexity index is 949. The molecule has 0 aliphatic carbocycles. The number of likely N-dealkylation sites (tertiary alicyclic amines) is 1. The number of sulfonamides is 1. The van der Waals surface area contributed by atoms with Gasteiger partial charge in [-0.2, -0.15) is 0 Å². The molecule has 2 aromatic rings. The van der Waals surface area contributed by atoms with Gasteiger partial charge in [-0.15, -0.1) is 11.3 Å². The highest BCUT2D eigenvalue weighted by Gasteiger charge is 2.25. The highest BCUT2D eigenvalue weighted by atomic mass is 32.2. The number of carbonyl (C=O) groups is 2. The van der Waals surface area contributed by atoms with E-state index in [0.29, 0.717) is 36.5 Å². The van der Waals surface area contributed by atoms with E-state index >= 15 is 0 Å². The van der Waals surface area contributed by atoms with Crippen LogP contribution in [-0.4, -0.2) is 57.1 Å². The van der Waals surface area contributed by atoms with Crippen molar-refractivity contribution in [2.75, 3.05) is 25.9 Å². The Morgan fingerprint density at radius 1 is 1.10 bits per heavy atom. The molecule has 1 fully saturated rings. The lowest BCUT2D eigenvalue weighted by Gasteiger charge is -2.32. The van der Waals surface area contributed by atoms with Crippen LogP contribution in [0.25, 0.3) is 0 Å². The fourth-order valence-corrected chi connectivity index (χ4v) is 4.68. The van der Waals surface area contributed by atoms with Gasteiger partial charge in [-0.05, 0) is 43.5 Å². The van der Waals surface area contributed by atoms with E-state index in [9.17, 15) is 18.0 Å². The molecule has 3 rings (SSSR count). The maximum atomic E-state index is 12.7. The topological polar surface area (TPSA) is 95.6 Å². The summed E-state index contributed by atoms with van der Waals surface area (Å²) < 4.78 is 24.7. The summed E-state index contributed by atoms with van der Waals surface area (Å²) in [6.07, 6.45) is 3.13. The largest absolute Gasteiger partial charge is 0.349 e. The summed E-state index contributed by atoms with van der Waals surface area (Å²) >= 11 is 1.40. The number of piperidine rings is 1. The van der Waals surface area contributed by atoms with Crippen molar-refractivity contribution in [1.82, 2.24) is 14.9 Å². The molecule has 9 heteroatoms. The van der Waals surface area contributed by atoms with Crippen molar-refractivity contribution >= 4 is 33.2 Å². The fraction of sp³-hybridized carbons (Fsp3) is 0.400. The van der Waals surface area contributed by atoms with E-state index in [4.69, 9.17) is 0 Å². The van der Waals surface area contributed by atoms with Gasteiger partial charge in [0.15, 0.2) is 0 Å². The van der Waals surface area contributed by atoms with E-state index < -0.39 is 10.0 Å². The smallest absolute Gasteiger partial charge is 0.263 e. The van der Waals surface area contributed by atoms with Gasteiger partial charge in [0.2, 0.25) is 10.0 Å². The van der Waals surface area contributed by atoms with Crippen LogP contribution in [0.4, 0.5) is 0 Å². The Balaban J connectivity index is 1.47. The summed E-state index contributed by atoms with van der Waals surface area (Å²) in [5.74, 6) is -0.0915. The molecule has 29 heavy (non-hydrogen) atoms. The number of amides is 2. The van der Waals surface area contributed by atoms with Crippen LogP contribution >= 0.6 is 11.3 Å². The minimum absolute atomic E-state index is 0.00911. The Labute approximate surface area is 175 Å². The molecule has 0 radical (unpaired) electrons. The number of benzene rings is 1. The van der Waals surface area contributed by atoms with E-state index in [1.165, 1.54) is 11.3 Å². The van der Waals surface area contributed by atoms with Crippen LogP contribution in [0, 0.1) is 0 Å². The maximum Gasteiger partial charge on any atom is 0.263 e. The van der Waals surface area contributed by atoms with Crippen LogP contribution in [-0.2, 0) is 16.4 Å². The normalized spacial score (nSPS) is 15.3. The van der Waals surface area contributed by atoms with Gasteiger partial charge in [-0.1, -0.05) is 18.2 Å². The van der Waals surface area contributed by atoms with Crippen LogP contribution in [0.2, 0.25) is 0 Å². The number of hydrogen-bond donors (Lipinski definition) is 2. The molecule has 1 aliphatic heterocycles. The second-order valence-corrected chi connectivity index (χ2v) is 10.1. The molecule has 1 saturated heterocycles. The molecule has 0 spiro atoms. The Kier molecular flexibility index (Phi) is 7.05. The second kappa shape index (κ2) is 9.51. The summed E-state index contributed by atoms with van der Waals surface area (Å²) in [5.41, 5.74) is 0.641. The highest BCUT2D eigenvalue weighted by molar-refractivity contribution is 7.88. The number of carbonyl (C=O) groups excluding carboxylic acids is 2. The van der Waals surface area contributed by atoms with E-state index in [1.54, 1.807) is 18.2 Å². The Morgan fingerprint density at radius 3 is 2.45 bits per heavy atom. The van der Waals surface area contributed by atoms with Crippen molar-refractivity contribution in [3.05, 3.63) is 57.8 Å². The van der Waals surface area contributed by atoms with Gasteiger partial charge in [0, 0.05) is 36.1 Å². The highest BCUT2D eigenvalue weighted by Crippen LogP contribution is 2.21. The molecule has 1 aromatic carbocycles. The van der Waals surface area contributed by atoms with E-state index in [0.717, 1.165) is 24.0 Å². The first-order chi connectivity index (χ1) is 13.8. The average Bonchev–Trinajstić information content (AvgIpc) is 3.16. The molecule has 7 nitrogen and oxygen atoms in total. The van der Waals surface area contributed by atoms with Gasteiger partial charge in [0.1, 0.15) is 0 Å². The third kappa shape index (κ3) is 6.38. The van der Waals surface area contributed by atoms with Crippen molar-refractivity contribution in [1.29, 1.82) is 0 Å². The molecule has 1 aromatic heterocycles. The van der Waals surface area contributed by atoms with Crippen molar-refractivity contribution in [3.8, 4) is 0 Å². The predicted molar refractivity (Wildman–Crippen MR) is 114 cm³/mol. The van der Waals surface area contributed by atoms with Crippen LogP contribution < -0.4 is 10.0 Å². The molecule has 156 valence electrons. The number of rotatable bonds is 7. The quantitative estimate of drug-likeness (QED) is 0.694. The molecule has 0 unspecified atom stereocenters. The third-order valence-corrected chi connectivity index (χ3v) is 6.62. The van der Waals surface area contributed by atoms with Gasteiger partial charge >= 0.3 is 0 Å². The maximum absolute atomic E-state index is 12.7. The minimum atomic E-state index is -3.20. The molecule has 1 aliphatic rings. The zero-order chi connectivity index (χ0) is 20.9. The lowest BCUT2D eigenvalue weighted by Crippen LogP contribution is -2.46. The van der Waals surface area contributed by atoms with Crippen molar-refractivity contribution < 1.29 is 18.0 Å². The van der Waals surface area contributed by atoms with Gasteiger partial charge in [-0.3, -0.25) is 9.59 Å². The van der Waals surface area contributed by atoms with Crippen LogP contribution in [0.5, 0.6) is 0 Å². The molecule has 2 heterocycles. The zero-order valence-corrected chi connectivity index (χ0v) is 17.9. The summed E-state index contributed by atoms with van der Waals surface area (Å²) in [7, 11) is -3.20. The standard InChI is InChI=1S/C20H25N3O4S2/c1-29(26,27)21-12-9-17-7-8-18(28-17)20(25)23-13-10-16(11-14-23)22-19(24)15-5-3-2-4-6-15/h2-8,16,21H,9-14H2,1H3,(H,22,24). The first kappa shape index (κ1) is 21.5. The lowest BCUT2D eigenvalue weighted by molar-refractivity contribution is 0.0702. The van der Waals surface area contributed by atoms with Gasteiger partial charge in [0.25, 0.3) is 11.8 Å². The summed E-state index contributed by atoms with van der Waals surface area (Å²) in [5, 5.41) is 3.04. The molecule has 0 saturated carbocycles. The fourth-order valence-electron chi connectivity index (χ4n) is 3.23. The van der Waals surface area contributed by atoms with Crippen LogP contribution in [0.15, 0.2) is 42.5 Å². The molecule has 2 amide bonds. The lowest BCUT2D eigenvalue weighted by atomic mass is 10.0. The minimum Gasteiger partial charge on any atom is -0.349 e. The molecular formula is C20H25N3O4S2. The van der Waals surface area contributed by atoms with E-state index in [1.807, 2.05) is 29.2 Å². The molecular weight excluding hydrogens is 410 g/mol. The van der Waals surface area contributed by atoms with E-state index in [2.05, 4.69) is 10.0 Å². The van der Waals surface area contributed by atoms with Crippen LogP contribution in [0.1, 0.15) is 37.7 Å². The van der Waals surface area contributed by atoms with Crippen molar-refractivity contribution in [3.63, 3.8) is 0 Å². The van der Waals surface area contributed by atoms with Gasteiger partial charge in [0.05, 0.1) is 11.1 Å². The molecule has 2 N–H and O–H groups in total. The summed E-state index contributed by atoms with van der Waals surface area (Å²) in [6, 6.07) is 12.8. The first-order valence-corrected chi connectivity index (χ1v) is 12.2. The monoisotopic (exact) mass is 435 g/mol. The number of thiophene rings is 1. The average molecular weight is 436 g/mol. The Hall–Kier alpha value is -2.23. The SMILES string of the molecule is CS(=O)(=O)NCCc1ccc(C(=O)N2CCC(NC(=O)c3ccccc3)CC2)s1. The second-order valence-electron chi connectivity index (χ2n) is 7.09. The van der Waals surface area contributed by atoms with Gasteiger partial charge in [-0.25, -0.2) is 13.1 Å². The number of hydrogen-bond acceptors (Lipinski definition) is 5. The predicted octanol–water partition coefficient (Wildman–Crippen LogP) is 1.87. The van der Waals surface area contributed by atoms with Gasteiger partial charge < -0.3 is 10.2 Å². The number of nitrogens with zero attached hydrogens (tertiary/aromatic N) is 1. The number of nitrogens with one attached hydrogen (secondary N) is 2. The summed E-state index contributed by atoms with van der Waals surface area (Å²) in [4.78, 5) is 28.4. The van der Waals surface area contributed by atoms with Crippen LogP contribution in [0.3, 0.4) is 0 Å². The molecule has 0 atom stereocenters. The zero-order valence-electron chi connectivity index (χ0n) is 16.3. The molecule has 0 bridgehead atoms. The summed E-state index contributed by atoms with van der Waals surface area (Å²) in [6.45, 7) is 1.52. The van der Waals surface area contributed by atoms with E-state index in [-0.39, 0.29) is 17.9 Å². The first-order valence-electron chi connectivity index (χ1n) is 9.50.